The van der Waals surface area contributed by atoms with Crippen LogP contribution in [-0.4, -0.2) is 54.1 Å². The van der Waals surface area contributed by atoms with Gasteiger partial charge in [-0.15, -0.1) is 0 Å². The van der Waals surface area contributed by atoms with E-state index in [1.165, 1.54) is 0 Å². The van der Waals surface area contributed by atoms with E-state index >= 15 is 0 Å². The monoisotopic (exact) mass is 357 g/mol. The summed E-state index contributed by atoms with van der Waals surface area (Å²) < 4.78 is 14.6. The van der Waals surface area contributed by atoms with E-state index in [0.717, 1.165) is 12.8 Å². The first-order chi connectivity index (χ1) is 9.94. The number of nitrogens with zero attached hydrogens (tertiary/aromatic N) is 2. The standard InChI is InChI=1S/C14H17N2O4Se/c1-3-14-9(17)8(19-13(14)4-5-13)11(20-14)16-6-7(2)10(18)15-12(16)21/h6,8-9,11,17H,3-5H2,1-2H3/t8-,9?,11+,14+/m0/s1. The van der Waals surface area contributed by atoms with Crippen molar-refractivity contribution in [3.05, 3.63) is 22.1 Å². The molecule has 1 spiro atoms. The van der Waals surface area contributed by atoms with Crippen LogP contribution in [-0.2, 0) is 9.47 Å². The van der Waals surface area contributed by atoms with Crippen molar-refractivity contribution in [2.24, 2.45) is 0 Å². The average molecular weight is 356 g/mol. The second kappa shape index (κ2) is 4.18. The van der Waals surface area contributed by atoms with E-state index in [9.17, 15) is 9.90 Å². The van der Waals surface area contributed by atoms with E-state index in [4.69, 9.17) is 9.47 Å². The summed E-state index contributed by atoms with van der Waals surface area (Å²) in [6.07, 6.45) is 2.79. The number of aromatic nitrogens is 2. The van der Waals surface area contributed by atoms with Crippen molar-refractivity contribution in [2.45, 2.75) is 62.7 Å². The van der Waals surface area contributed by atoms with E-state index in [2.05, 4.69) is 21.0 Å². The summed E-state index contributed by atoms with van der Waals surface area (Å²) in [7, 11) is 0. The molecule has 1 aromatic heterocycles. The second-order valence-corrected chi connectivity index (χ2v) is 6.96. The Morgan fingerprint density at radius 3 is 2.86 bits per heavy atom. The molecule has 21 heavy (non-hydrogen) atoms. The van der Waals surface area contributed by atoms with Crippen LogP contribution in [0.3, 0.4) is 0 Å². The fraction of sp³-hybridized carbons (Fsp3) is 0.714. The Balaban J connectivity index is 1.77. The maximum atomic E-state index is 11.6. The van der Waals surface area contributed by atoms with E-state index in [1.807, 2.05) is 6.92 Å². The number of hydrogen-bond donors (Lipinski definition) is 1. The van der Waals surface area contributed by atoms with Gasteiger partial charge in [0.25, 0.3) is 0 Å². The zero-order chi connectivity index (χ0) is 15.0. The third kappa shape index (κ3) is 1.58. The van der Waals surface area contributed by atoms with Gasteiger partial charge < -0.3 is 0 Å². The van der Waals surface area contributed by atoms with Crippen LogP contribution in [0.4, 0.5) is 0 Å². The van der Waals surface area contributed by atoms with Gasteiger partial charge in [-0.05, 0) is 0 Å². The Labute approximate surface area is 130 Å². The predicted octanol–water partition coefficient (Wildman–Crippen LogP) is -0.685. The number of rotatable bonds is 2. The molecule has 4 rings (SSSR count). The minimum absolute atomic E-state index is 0.256. The van der Waals surface area contributed by atoms with Gasteiger partial charge in [-0.25, -0.2) is 0 Å². The van der Waals surface area contributed by atoms with E-state index in [-0.39, 0.29) is 11.2 Å². The molecular weight excluding hydrogens is 339 g/mol. The molecule has 1 N–H and O–H groups in total. The molecule has 2 aliphatic heterocycles. The average Bonchev–Trinajstić information content (AvgIpc) is 3.12. The molecule has 3 fully saturated rings. The Morgan fingerprint density at radius 2 is 2.24 bits per heavy atom. The number of aryl methyl sites for hydroxylation is 1. The zero-order valence-electron chi connectivity index (χ0n) is 11.9. The van der Waals surface area contributed by atoms with Crippen LogP contribution in [0, 0.1) is 6.92 Å². The Kier molecular flexibility index (Phi) is 2.77. The molecule has 113 valence electrons. The number of aliphatic hydroxyl groups is 1. The van der Waals surface area contributed by atoms with Crippen molar-refractivity contribution in [2.75, 3.05) is 0 Å². The maximum absolute atomic E-state index is 11.6. The molecule has 3 heterocycles. The Hall–Kier alpha value is -0.721. The molecule has 1 saturated carbocycles. The van der Waals surface area contributed by atoms with E-state index in [0.29, 0.717) is 16.7 Å². The topological polar surface area (TPSA) is 73.6 Å². The quantitative estimate of drug-likeness (QED) is 0.711. The summed E-state index contributed by atoms with van der Waals surface area (Å²) in [5.41, 5.74) is -0.650. The van der Waals surface area contributed by atoms with Crippen molar-refractivity contribution >= 4 is 20.7 Å². The molecule has 1 aromatic rings. The van der Waals surface area contributed by atoms with Crippen molar-refractivity contribution in [3.63, 3.8) is 0 Å². The molecule has 6 nitrogen and oxygen atoms in total. The van der Waals surface area contributed by atoms with Crippen LogP contribution in [0.2, 0.25) is 0 Å². The summed E-state index contributed by atoms with van der Waals surface area (Å²) in [4.78, 5) is 15.6. The summed E-state index contributed by atoms with van der Waals surface area (Å²) in [5, 5.41) is 10.6. The summed E-state index contributed by atoms with van der Waals surface area (Å²) in [6.45, 7) is 3.74. The Bertz CT molecular complexity index is 671. The molecule has 2 saturated heterocycles. The van der Waals surface area contributed by atoms with Gasteiger partial charge >= 0.3 is 130 Å². The first kappa shape index (κ1) is 13.9. The molecule has 1 radical (unpaired) electrons. The molecule has 4 atom stereocenters. The van der Waals surface area contributed by atoms with Gasteiger partial charge in [-0.2, -0.15) is 0 Å². The van der Waals surface area contributed by atoms with Gasteiger partial charge in [0.2, 0.25) is 0 Å². The first-order valence-electron chi connectivity index (χ1n) is 7.25. The fourth-order valence-corrected chi connectivity index (χ4v) is 4.35. The van der Waals surface area contributed by atoms with Crippen molar-refractivity contribution in [1.82, 2.24) is 9.55 Å². The molecule has 2 bridgehead atoms. The van der Waals surface area contributed by atoms with Crippen LogP contribution < -0.4 is 10.3 Å². The van der Waals surface area contributed by atoms with Crippen molar-refractivity contribution in [3.8, 4) is 0 Å². The molecule has 1 unspecified atom stereocenters. The normalized spacial score (nSPS) is 39.1. The van der Waals surface area contributed by atoms with Gasteiger partial charge in [0, 0.05) is 0 Å². The fourth-order valence-electron chi connectivity index (χ4n) is 3.85. The second-order valence-electron chi connectivity index (χ2n) is 6.19. The summed E-state index contributed by atoms with van der Waals surface area (Å²) >= 11 is 2.79. The first-order valence-corrected chi connectivity index (χ1v) is 8.10. The number of aliphatic hydroxyl groups excluding tert-OH is 1. The number of ether oxygens (including phenoxy) is 2. The van der Waals surface area contributed by atoms with E-state index < -0.39 is 24.0 Å². The summed E-state index contributed by atoms with van der Waals surface area (Å²) in [5.74, 6) is 0. The van der Waals surface area contributed by atoms with Gasteiger partial charge in [0.1, 0.15) is 0 Å². The van der Waals surface area contributed by atoms with Gasteiger partial charge in [-0.3, -0.25) is 0 Å². The zero-order valence-corrected chi connectivity index (χ0v) is 13.6. The number of fused-ring (bicyclic) bond motifs is 3. The molecule has 1 aliphatic carbocycles. The van der Waals surface area contributed by atoms with Gasteiger partial charge in [0.15, 0.2) is 0 Å². The van der Waals surface area contributed by atoms with Crippen LogP contribution in [0.1, 0.15) is 38.0 Å². The predicted molar refractivity (Wildman–Crippen MR) is 74.6 cm³/mol. The molecular formula is C14H17N2O4Se. The minimum atomic E-state index is -0.644. The van der Waals surface area contributed by atoms with Crippen LogP contribution in [0.25, 0.3) is 0 Å². The van der Waals surface area contributed by atoms with Crippen LogP contribution in [0.15, 0.2) is 11.0 Å². The van der Waals surface area contributed by atoms with Gasteiger partial charge in [0.05, 0.1) is 0 Å². The number of hydrogen-bond acceptors (Lipinski definition) is 5. The third-order valence-electron chi connectivity index (χ3n) is 5.13. The van der Waals surface area contributed by atoms with E-state index in [1.54, 1.807) is 17.7 Å². The molecule has 3 aliphatic rings. The SMILES string of the molecule is CC[C@]12O[C@@H](n3cc(C)c(=O)nc3[Se])[C@@H](OC13CC3)C2O. The Morgan fingerprint density at radius 1 is 1.52 bits per heavy atom. The summed E-state index contributed by atoms with van der Waals surface area (Å²) in [6, 6.07) is 0. The molecule has 0 amide bonds. The van der Waals surface area contributed by atoms with Gasteiger partial charge in [-0.1, -0.05) is 0 Å². The van der Waals surface area contributed by atoms with Crippen LogP contribution in [0.5, 0.6) is 0 Å². The van der Waals surface area contributed by atoms with Crippen LogP contribution >= 0.6 is 0 Å². The van der Waals surface area contributed by atoms with Crippen molar-refractivity contribution in [1.29, 1.82) is 0 Å². The third-order valence-corrected chi connectivity index (χ3v) is 5.76. The molecule has 0 aromatic carbocycles. The van der Waals surface area contributed by atoms with Crippen molar-refractivity contribution < 1.29 is 14.6 Å². The molecule has 7 heteroatoms.